The zero-order chi connectivity index (χ0) is 27.4. The van der Waals surface area contributed by atoms with Crippen LogP contribution in [0.1, 0.15) is 58.0 Å². The van der Waals surface area contributed by atoms with Gasteiger partial charge in [0.05, 0.1) is 17.9 Å². The van der Waals surface area contributed by atoms with Crippen molar-refractivity contribution >= 4 is 17.6 Å². The summed E-state index contributed by atoms with van der Waals surface area (Å²) in [6.07, 6.45) is 5.33. The van der Waals surface area contributed by atoms with Gasteiger partial charge in [0.25, 0.3) is 11.8 Å². The smallest absolute Gasteiger partial charge is 0.272 e. The SMILES string of the molecule is Cc1cc(C(=O)N2CCC3(CCCN(c4ccnc(C)n4)CCNC(=O)c4ccccc4OC3)CC2)n(C)n1. The van der Waals surface area contributed by atoms with E-state index in [2.05, 4.69) is 25.3 Å². The highest BCUT2D eigenvalue weighted by atomic mass is 16.5. The van der Waals surface area contributed by atoms with E-state index in [-0.39, 0.29) is 17.2 Å². The number of benzene rings is 1. The van der Waals surface area contributed by atoms with Crippen molar-refractivity contribution in [3.05, 3.63) is 65.4 Å². The Bertz CT molecular complexity index is 1330. The standard InChI is InChI=1S/C29H37N7O3/c1-21-19-24(34(3)33-21)28(38)36-16-11-29(12-17-36)10-6-15-35(26-9-13-30-22(2)32-26)18-14-31-27(37)23-7-4-5-8-25(23)39-20-29/h4-5,7-9,13,19H,6,10-12,14-18,20H2,1-3H3,(H,31,37). The average molecular weight is 532 g/mol. The molecule has 1 saturated heterocycles. The van der Waals surface area contributed by atoms with Gasteiger partial charge < -0.3 is 19.9 Å². The zero-order valence-electron chi connectivity index (χ0n) is 23.0. The topological polar surface area (TPSA) is 105 Å². The summed E-state index contributed by atoms with van der Waals surface area (Å²) in [5.41, 5.74) is 1.88. The molecule has 5 rings (SSSR count). The molecule has 1 spiro atoms. The van der Waals surface area contributed by atoms with Gasteiger partial charge in [-0.05, 0) is 63.8 Å². The van der Waals surface area contributed by atoms with Gasteiger partial charge in [0.2, 0.25) is 0 Å². The van der Waals surface area contributed by atoms with Crippen LogP contribution in [0.4, 0.5) is 5.82 Å². The molecular weight excluding hydrogens is 494 g/mol. The van der Waals surface area contributed by atoms with Crippen LogP contribution in [-0.2, 0) is 7.05 Å². The van der Waals surface area contributed by atoms with Crippen LogP contribution in [-0.4, -0.2) is 75.8 Å². The Hall–Kier alpha value is -3.95. The molecule has 3 aromatic rings. The molecule has 0 unspecified atom stereocenters. The van der Waals surface area contributed by atoms with Gasteiger partial charge in [-0.25, -0.2) is 9.97 Å². The number of aryl methyl sites for hydroxylation is 3. The number of carbonyl (C=O) groups is 2. The van der Waals surface area contributed by atoms with Crippen molar-refractivity contribution in [2.24, 2.45) is 12.5 Å². The van der Waals surface area contributed by atoms with Crippen LogP contribution in [0, 0.1) is 19.3 Å². The molecule has 10 heteroatoms. The van der Waals surface area contributed by atoms with Crippen LogP contribution in [0.5, 0.6) is 5.75 Å². The number of nitrogens with one attached hydrogen (secondary N) is 1. The van der Waals surface area contributed by atoms with E-state index in [4.69, 9.17) is 4.74 Å². The molecule has 1 N–H and O–H groups in total. The minimum atomic E-state index is -0.149. The Balaban J connectivity index is 1.36. The lowest BCUT2D eigenvalue weighted by molar-refractivity contribution is 0.0358. The first kappa shape index (κ1) is 26.6. The Morgan fingerprint density at radius 2 is 1.85 bits per heavy atom. The fraction of sp³-hybridized carbons (Fsp3) is 0.483. The van der Waals surface area contributed by atoms with E-state index in [0.717, 1.165) is 49.6 Å². The Labute approximate surface area is 229 Å². The molecule has 4 heterocycles. The van der Waals surface area contributed by atoms with Crippen molar-refractivity contribution in [1.82, 2.24) is 30.0 Å². The molecule has 2 aliphatic heterocycles. The third kappa shape index (κ3) is 6.05. The third-order valence-corrected chi connectivity index (χ3v) is 7.89. The van der Waals surface area contributed by atoms with Gasteiger partial charge in [0, 0.05) is 51.4 Å². The molecule has 206 valence electrons. The van der Waals surface area contributed by atoms with E-state index in [1.807, 2.05) is 56.1 Å². The molecule has 0 saturated carbocycles. The minimum absolute atomic E-state index is 0.0193. The highest BCUT2D eigenvalue weighted by Crippen LogP contribution is 2.38. The van der Waals surface area contributed by atoms with Crippen LogP contribution >= 0.6 is 0 Å². The summed E-state index contributed by atoms with van der Waals surface area (Å²) in [6.45, 7) is 7.53. The summed E-state index contributed by atoms with van der Waals surface area (Å²) in [6, 6.07) is 11.2. The van der Waals surface area contributed by atoms with Gasteiger partial charge in [-0.15, -0.1) is 0 Å². The van der Waals surface area contributed by atoms with Gasteiger partial charge >= 0.3 is 0 Å². The number of likely N-dealkylation sites (tertiary alicyclic amines) is 1. The van der Waals surface area contributed by atoms with Crippen LogP contribution < -0.4 is 15.0 Å². The van der Waals surface area contributed by atoms with E-state index in [9.17, 15) is 9.59 Å². The lowest BCUT2D eigenvalue weighted by Gasteiger charge is -2.42. The number of hydrogen-bond donors (Lipinski definition) is 1. The lowest BCUT2D eigenvalue weighted by atomic mass is 9.75. The number of rotatable bonds is 2. The van der Waals surface area contributed by atoms with Crippen molar-refractivity contribution in [2.75, 3.05) is 44.2 Å². The molecule has 0 aliphatic carbocycles. The highest BCUT2D eigenvalue weighted by Gasteiger charge is 2.37. The molecule has 0 atom stereocenters. The monoisotopic (exact) mass is 531 g/mol. The average Bonchev–Trinajstić information content (AvgIpc) is 3.28. The van der Waals surface area contributed by atoms with Crippen molar-refractivity contribution in [1.29, 1.82) is 0 Å². The maximum atomic E-state index is 13.2. The number of carbonyl (C=O) groups excluding carboxylic acids is 2. The molecule has 0 radical (unpaired) electrons. The van der Waals surface area contributed by atoms with Gasteiger partial charge in [0.1, 0.15) is 23.1 Å². The molecule has 39 heavy (non-hydrogen) atoms. The van der Waals surface area contributed by atoms with Gasteiger partial charge in [-0.2, -0.15) is 5.10 Å². The predicted molar refractivity (Wildman–Crippen MR) is 148 cm³/mol. The second-order valence-electron chi connectivity index (χ2n) is 10.7. The molecule has 2 amide bonds. The number of aromatic nitrogens is 4. The lowest BCUT2D eigenvalue weighted by Crippen LogP contribution is -2.46. The molecule has 0 bridgehead atoms. The summed E-state index contributed by atoms with van der Waals surface area (Å²) in [5.74, 6) is 2.05. The first-order valence-electron chi connectivity index (χ1n) is 13.7. The van der Waals surface area contributed by atoms with E-state index in [1.54, 1.807) is 16.9 Å². The number of ether oxygens (including phenoxy) is 1. The number of fused-ring (bicyclic) bond motifs is 1. The molecule has 10 nitrogen and oxygen atoms in total. The van der Waals surface area contributed by atoms with E-state index < -0.39 is 0 Å². The van der Waals surface area contributed by atoms with Gasteiger partial charge in [-0.3, -0.25) is 14.3 Å². The van der Waals surface area contributed by atoms with Crippen molar-refractivity contribution in [2.45, 2.75) is 39.5 Å². The largest absolute Gasteiger partial charge is 0.492 e. The minimum Gasteiger partial charge on any atom is -0.492 e. The summed E-state index contributed by atoms with van der Waals surface area (Å²) in [7, 11) is 1.81. The predicted octanol–water partition coefficient (Wildman–Crippen LogP) is 3.16. The van der Waals surface area contributed by atoms with E-state index >= 15 is 0 Å². The summed E-state index contributed by atoms with van der Waals surface area (Å²) < 4.78 is 8.04. The number of hydrogen-bond acceptors (Lipinski definition) is 7. The number of anilines is 1. The normalized spacial score (nSPS) is 18.3. The number of nitrogens with zero attached hydrogens (tertiary/aromatic N) is 6. The second kappa shape index (κ2) is 11.4. The van der Waals surface area contributed by atoms with Crippen LogP contribution in [0.25, 0.3) is 0 Å². The summed E-state index contributed by atoms with van der Waals surface area (Å²) in [5, 5.41) is 7.39. The Kier molecular flexibility index (Phi) is 7.81. The van der Waals surface area contributed by atoms with Gasteiger partial charge in [0.15, 0.2) is 0 Å². The molecular formula is C29H37N7O3. The van der Waals surface area contributed by atoms with Crippen molar-refractivity contribution in [3.63, 3.8) is 0 Å². The first-order valence-corrected chi connectivity index (χ1v) is 13.7. The fourth-order valence-electron chi connectivity index (χ4n) is 5.64. The van der Waals surface area contributed by atoms with Gasteiger partial charge in [-0.1, -0.05) is 12.1 Å². The number of amides is 2. The first-order chi connectivity index (χ1) is 18.8. The third-order valence-electron chi connectivity index (χ3n) is 7.89. The van der Waals surface area contributed by atoms with Crippen LogP contribution in [0.3, 0.4) is 0 Å². The quantitative estimate of drug-likeness (QED) is 0.542. The highest BCUT2D eigenvalue weighted by molar-refractivity contribution is 5.97. The molecule has 2 aromatic heterocycles. The maximum absolute atomic E-state index is 13.2. The zero-order valence-corrected chi connectivity index (χ0v) is 23.0. The second-order valence-corrected chi connectivity index (χ2v) is 10.7. The van der Waals surface area contributed by atoms with Crippen LogP contribution in [0.2, 0.25) is 0 Å². The maximum Gasteiger partial charge on any atom is 0.272 e. The number of piperidine rings is 1. The molecule has 1 aromatic carbocycles. The summed E-state index contributed by atoms with van der Waals surface area (Å²) in [4.78, 5) is 39.3. The molecule has 1 fully saturated rings. The summed E-state index contributed by atoms with van der Waals surface area (Å²) >= 11 is 0. The Morgan fingerprint density at radius 1 is 1.05 bits per heavy atom. The van der Waals surface area contributed by atoms with Crippen molar-refractivity contribution < 1.29 is 14.3 Å². The van der Waals surface area contributed by atoms with E-state index in [0.29, 0.717) is 49.8 Å². The van der Waals surface area contributed by atoms with Crippen molar-refractivity contribution in [3.8, 4) is 5.75 Å². The number of para-hydroxylation sites is 1. The van der Waals surface area contributed by atoms with E-state index in [1.165, 1.54) is 0 Å². The van der Waals surface area contributed by atoms with Crippen LogP contribution in [0.15, 0.2) is 42.6 Å². The fourth-order valence-corrected chi connectivity index (χ4v) is 5.64. The Morgan fingerprint density at radius 3 is 2.59 bits per heavy atom. The molecule has 2 aliphatic rings.